The lowest BCUT2D eigenvalue weighted by molar-refractivity contribution is 0.453. The van der Waals surface area contributed by atoms with Crippen molar-refractivity contribution < 1.29 is 22.0 Å². The molecule has 27 heavy (non-hydrogen) atoms. The quantitative estimate of drug-likeness (QED) is 0.239. The Labute approximate surface area is 154 Å². The minimum atomic E-state index is -1.57. The van der Waals surface area contributed by atoms with E-state index in [9.17, 15) is 22.0 Å². The monoisotopic (exact) mass is 378 g/mol. The molecule has 0 aliphatic carbocycles. The first kappa shape index (κ1) is 19.3. The van der Waals surface area contributed by atoms with Crippen LogP contribution in [0.1, 0.15) is 38.2 Å². The summed E-state index contributed by atoms with van der Waals surface area (Å²) >= 11 is 0. The molecule has 0 N–H and O–H groups in total. The van der Waals surface area contributed by atoms with Crippen molar-refractivity contribution in [3.8, 4) is 11.1 Å². The molecular weight excluding hydrogens is 359 g/mol. The van der Waals surface area contributed by atoms with Crippen LogP contribution >= 0.6 is 0 Å². The first-order valence-electron chi connectivity index (χ1n) is 8.98. The van der Waals surface area contributed by atoms with E-state index in [-0.39, 0.29) is 21.9 Å². The molecule has 3 aromatic carbocycles. The van der Waals surface area contributed by atoms with Crippen molar-refractivity contribution in [2.24, 2.45) is 0 Å². The van der Waals surface area contributed by atoms with Gasteiger partial charge in [0.25, 0.3) is 0 Å². The van der Waals surface area contributed by atoms with Crippen LogP contribution in [0.2, 0.25) is 0 Å². The van der Waals surface area contributed by atoms with E-state index in [4.69, 9.17) is 0 Å². The van der Waals surface area contributed by atoms with Crippen molar-refractivity contribution in [2.75, 3.05) is 0 Å². The highest BCUT2D eigenvalue weighted by Gasteiger charge is 2.17. The molecule has 0 aliphatic rings. The number of aryl methyl sites for hydroxylation is 1. The second kappa shape index (κ2) is 8.07. The maximum atomic E-state index is 14.5. The molecule has 0 spiro atoms. The van der Waals surface area contributed by atoms with E-state index in [2.05, 4.69) is 6.92 Å². The van der Waals surface area contributed by atoms with Gasteiger partial charge in [0, 0.05) is 5.39 Å². The standard InChI is InChI=1S/C22H19F5/c1-2-3-4-5-6-13-9-17(23)20(18(24)10-13)14-7-8-16-15(11-14)12-19(25)22(27)21(16)26/h7-12H,2-6H2,1H3. The summed E-state index contributed by atoms with van der Waals surface area (Å²) in [5.74, 6) is -5.70. The van der Waals surface area contributed by atoms with Crippen molar-refractivity contribution in [2.45, 2.75) is 39.0 Å². The Morgan fingerprint density at radius 2 is 1.41 bits per heavy atom. The Morgan fingerprint density at radius 1 is 0.704 bits per heavy atom. The zero-order valence-corrected chi connectivity index (χ0v) is 14.9. The normalized spacial score (nSPS) is 11.3. The number of unbranched alkanes of at least 4 members (excludes halogenated alkanes) is 3. The van der Waals surface area contributed by atoms with Crippen LogP contribution in [0.3, 0.4) is 0 Å². The lowest BCUT2D eigenvalue weighted by Gasteiger charge is -2.10. The minimum Gasteiger partial charge on any atom is -0.206 e. The summed E-state index contributed by atoms with van der Waals surface area (Å²) in [5.41, 5.74) is 0.449. The molecular formula is C22H19F5. The van der Waals surface area contributed by atoms with E-state index >= 15 is 0 Å². The number of rotatable bonds is 6. The van der Waals surface area contributed by atoms with E-state index in [0.29, 0.717) is 12.0 Å². The van der Waals surface area contributed by atoms with E-state index < -0.39 is 29.1 Å². The molecule has 0 amide bonds. The zero-order valence-electron chi connectivity index (χ0n) is 14.9. The van der Waals surface area contributed by atoms with Gasteiger partial charge in [-0.05, 0) is 53.6 Å². The highest BCUT2D eigenvalue weighted by Crippen LogP contribution is 2.32. The van der Waals surface area contributed by atoms with Gasteiger partial charge in [0.05, 0.1) is 5.56 Å². The van der Waals surface area contributed by atoms with Gasteiger partial charge in [-0.2, -0.15) is 0 Å². The summed E-state index contributed by atoms with van der Waals surface area (Å²) in [6.07, 6.45) is 4.59. The molecule has 0 fully saturated rings. The topological polar surface area (TPSA) is 0 Å². The Morgan fingerprint density at radius 3 is 2.07 bits per heavy atom. The first-order valence-corrected chi connectivity index (χ1v) is 8.98. The molecule has 0 heterocycles. The van der Waals surface area contributed by atoms with E-state index in [1.54, 1.807) is 0 Å². The van der Waals surface area contributed by atoms with Crippen molar-refractivity contribution in [1.29, 1.82) is 0 Å². The van der Waals surface area contributed by atoms with Crippen LogP contribution in [-0.4, -0.2) is 0 Å². The molecule has 0 atom stereocenters. The predicted molar refractivity (Wildman–Crippen MR) is 97.0 cm³/mol. The Kier molecular flexibility index (Phi) is 5.78. The van der Waals surface area contributed by atoms with Crippen LogP contribution in [0.15, 0.2) is 36.4 Å². The van der Waals surface area contributed by atoms with Crippen LogP contribution < -0.4 is 0 Å². The third-order valence-electron chi connectivity index (χ3n) is 4.68. The molecule has 142 valence electrons. The largest absolute Gasteiger partial charge is 0.206 e. The highest BCUT2D eigenvalue weighted by atomic mass is 19.2. The SMILES string of the molecule is CCCCCCc1cc(F)c(-c2ccc3c(F)c(F)c(F)cc3c2)c(F)c1. The maximum Gasteiger partial charge on any atom is 0.195 e. The van der Waals surface area contributed by atoms with Crippen molar-refractivity contribution in [3.63, 3.8) is 0 Å². The first-order chi connectivity index (χ1) is 12.9. The molecule has 0 aliphatic heterocycles. The fourth-order valence-corrected chi connectivity index (χ4v) is 3.26. The average molecular weight is 378 g/mol. The van der Waals surface area contributed by atoms with Gasteiger partial charge >= 0.3 is 0 Å². The second-order valence-corrected chi connectivity index (χ2v) is 6.67. The molecule has 0 radical (unpaired) electrons. The lowest BCUT2D eigenvalue weighted by Crippen LogP contribution is -1.96. The molecule has 5 heteroatoms. The minimum absolute atomic E-state index is 0.0337. The van der Waals surface area contributed by atoms with Crippen LogP contribution in [-0.2, 0) is 6.42 Å². The van der Waals surface area contributed by atoms with E-state index in [1.807, 2.05) is 0 Å². The molecule has 0 nitrogen and oxygen atoms in total. The molecule has 0 saturated carbocycles. The fraction of sp³-hybridized carbons (Fsp3) is 0.273. The van der Waals surface area contributed by atoms with Crippen LogP contribution in [0.25, 0.3) is 21.9 Å². The molecule has 0 aromatic heterocycles. The molecule has 3 aromatic rings. The maximum absolute atomic E-state index is 14.5. The Hall–Kier alpha value is -2.43. The number of hydrogen-bond donors (Lipinski definition) is 0. The predicted octanol–water partition coefficient (Wildman–Crippen LogP) is 7.33. The molecule has 0 bridgehead atoms. The third-order valence-corrected chi connectivity index (χ3v) is 4.68. The fourth-order valence-electron chi connectivity index (χ4n) is 3.26. The number of benzene rings is 3. The van der Waals surface area contributed by atoms with Gasteiger partial charge in [-0.25, -0.2) is 22.0 Å². The van der Waals surface area contributed by atoms with Crippen LogP contribution in [0.5, 0.6) is 0 Å². The smallest absolute Gasteiger partial charge is 0.195 e. The van der Waals surface area contributed by atoms with Crippen LogP contribution in [0.4, 0.5) is 22.0 Å². The van der Waals surface area contributed by atoms with E-state index in [1.165, 1.54) is 30.3 Å². The lowest BCUT2D eigenvalue weighted by atomic mass is 9.97. The number of halogens is 5. The zero-order chi connectivity index (χ0) is 19.6. The van der Waals surface area contributed by atoms with Gasteiger partial charge in [0.2, 0.25) is 0 Å². The van der Waals surface area contributed by atoms with Crippen molar-refractivity contribution in [3.05, 3.63) is 71.0 Å². The number of hydrogen-bond acceptors (Lipinski definition) is 0. The highest BCUT2D eigenvalue weighted by molar-refractivity contribution is 5.88. The molecule has 0 saturated heterocycles. The summed E-state index contributed by atoms with van der Waals surface area (Å²) in [5, 5.41) is -0.114. The van der Waals surface area contributed by atoms with Gasteiger partial charge in [0.15, 0.2) is 17.5 Å². The Balaban J connectivity index is 1.97. The average Bonchev–Trinajstić information content (AvgIpc) is 2.63. The summed E-state index contributed by atoms with van der Waals surface area (Å²) < 4.78 is 69.7. The van der Waals surface area contributed by atoms with Gasteiger partial charge in [-0.3, -0.25) is 0 Å². The van der Waals surface area contributed by atoms with Gasteiger partial charge in [0.1, 0.15) is 11.6 Å². The summed E-state index contributed by atoms with van der Waals surface area (Å²) in [6.45, 7) is 2.09. The number of fused-ring (bicyclic) bond motifs is 1. The van der Waals surface area contributed by atoms with Gasteiger partial charge in [-0.1, -0.05) is 38.3 Å². The summed E-state index contributed by atoms with van der Waals surface area (Å²) in [7, 11) is 0. The van der Waals surface area contributed by atoms with Gasteiger partial charge < -0.3 is 0 Å². The van der Waals surface area contributed by atoms with Crippen LogP contribution in [0, 0.1) is 29.1 Å². The van der Waals surface area contributed by atoms with Crippen molar-refractivity contribution >= 4 is 10.8 Å². The molecule has 3 rings (SSSR count). The summed E-state index contributed by atoms with van der Waals surface area (Å²) in [6, 6.07) is 7.14. The summed E-state index contributed by atoms with van der Waals surface area (Å²) in [4.78, 5) is 0. The second-order valence-electron chi connectivity index (χ2n) is 6.67. The third kappa shape index (κ3) is 3.97. The Bertz CT molecular complexity index is 955. The van der Waals surface area contributed by atoms with Crippen molar-refractivity contribution in [1.82, 2.24) is 0 Å². The van der Waals surface area contributed by atoms with Gasteiger partial charge in [-0.15, -0.1) is 0 Å². The van der Waals surface area contributed by atoms with E-state index in [0.717, 1.165) is 31.7 Å². The molecule has 0 unspecified atom stereocenters.